The molecule has 10 aromatic carbocycles. The van der Waals surface area contributed by atoms with Gasteiger partial charge >= 0.3 is 0 Å². The van der Waals surface area contributed by atoms with E-state index in [1.54, 1.807) is 0 Å². The van der Waals surface area contributed by atoms with Gasteiger partial charge in [0.25, 0.3) is 0 Å². The summed E-state index contributed by atoms with van der Waals surface area (Å²) in [7, 11) is 0. The molecule has 0 aliphatic heterocycles. The summed E-state index contributed by atoms with van der Waals surface area (Å²) in [5.41, 5.74) is 6.75. The van der Waals surface area contributed by atoms with E-state index in [9.17, 15) is 0 Å². The summed E-state index contributed by atoms with van der Waals surface area (Å²) in [6.45, 7) is 0. The third kappa shape index (κ3) is 5.37. The van der Waals surface area contributed by atoms with Crippen molar-refractivity contribution in [2.45, 2.75) is 0 Å². The Balaban J connectivity index is 1.09. The molecule has 0 fully saturated rings. The van der Waals surface area contributed by atoms with Gasteiger partial charge in [-0.15, -0.1) is 22.7 Å². The Morgan fingerprint density at radius 2 is 0.724 bits per heavy atom. The number of anilines is 6. The molecule has 0 radical (unpaired) electrons. The van der Waals surface area contributed by atoms with Gasteiger partial charge < -0.3 is 9.80 Å². The van der Waals surface area contributed by atoms with Crippen LogP contribution in [0.4, 0.5) is 34.1 Å². The number of fused-ring (bicyclic) bond motifs is 10. The molecule has 58 heavy (non-hydrogen) atoms. The molecule has 0 spiro atoms. The summed E-state index contributed by atoms with van der Waals surface area (Å²) in [5.74, 6) is 0. The lowest BCUT2D eigenvalue weighted by molar-refractivity contribution is 1.29. The minimum absolute atomic E-state index is 1.11. The first kappa shape index (κ1) is 33.2. The van der Waals surface area contributed by atoms with Crippen LogP contribution in [0.5, 0.6) is 0 Å². The Morgan fingerprint density at radius 1 is 0.241 bits per heavy atom. The van der Waals surface area contributed by atoms with Crippen LogP contribution in [-0.4, -0.2) is 0 Å². The van der Waals surface area contributed by atoms with Crippen molar-refractivity contribution in [3.63, 3.8) is 0 Å². The molecule has 272 valence electrons. The van der Waals surface area contributed by atoms with Crippen LogP contribution >= 0.6 is 22.7 Å². The van der Waals surface area contributed by atoms with Gasteiger partial charge in [0.05, 0.1) is 5.69 Å². The van der Waals surface area contributed by atoms with E-state index in [1.165, 1.54) is 72.7 Å². The molecule has 4 heteroatoms. The molecule has 0 saturated carbocycles. The van der Waals surface area contributed by atoms with Gasteiger partial charge in [0.15, 0.2) is 0 Å². The Morgan fingerprint density at radius 3 is 1.45 bits per heavy atom. The highest BCUT2D eigenvalue weighted by Crippen LogP contribution is 2.47. The number of hydrogen-bond acceptors (Lipinski definition) is 4. The summed E-state index contributed by atoms with van der Waals surface area (Å²) >= 11 is 3.73. The molecule has 2 aromatic heterocycles. The standard InChI is InChI=1S/C54H34N2S2/c1-3-16-38(17-4-1)55(41-24-28-47-49-29-35-13-7-8-14-36(35)31-52(49)58-54(47)33-41)40-23-26-44-43-20-10-9-15-37(43)30-50(48(44)32-40)56(39-18-5-2-6-19-39)42-25-27-46-45-21-11-12-22-51(45)57-53(46)34-42/h1-34H. The van der Waals surface area contributed by atoms with Gasteiger partial charge in [-0.25, -0.2) is 0 Å². The fraction of sp³-hybridized carbons (Fsp3) is 0. The third-order valence-corrected chi connectivity index (χ3v) is 13.8. The van der Waals surface area contributed by atoms with E-state index in [2.05, 4.69) is 216 Å². The Bertz CT molecular complexity index is 3530. The van der Waals surface area contributed by atoms with Crippen molar-refractivity contribution in [1.29, 1.82) is 0 Å². The monoisotopic (exact) mass is 774 g/mol. The topological polar surface area (TPSA) is 6.48 Å². The van der Waals surface area contributed by atoms with Crippen LogP contribution in [-0.2, 0) is 0 Å². The van der Waals surface area contributed by atoms with Crippen molar-refractivity contribution in [2.75, 3.05) is 9.80 Å². The summed E-state index contributed by atoms with van der Waals surface area (Å²) in [5, 5.41) is 12.6. The van der Waals surface area contributed by atoms with E-state index < -0.39 is 0 Å². The molecule has 2 nitrogen and oxygen atoms in total. The molecule has 0 N–H and O–H groups in total. The maximum Gasteiger partial charge on any atom is 0.0547 e. The number of thiophene rings is 2. The van der Waals surface area contributed by atoms with E-state index in [-0.39, 0.29) is 0 Å². The van der Waals surface area contributed by atoms with Gasteiger partial charge in [-0.05, 0) is 112 Å². The Hall–Kier alpha value is -6.98. The summed E-state index contributed by atoms with van der Waals surface area (Å²) < 4.78 is 5.19. The zero-order chi connectivity index (χ0) is 38.2. The van der Waals surface area contributed by atoms with E-state index >= 15 is 0 Å². The minimum Gasteiger partial charge on any atom is -0.310 e. The highest BCUT2D eigenvalue weighted by Gasteiger charge is 2.21. The van der Waals surface area contributed by atoms with Crippen LogP contribution in [0, 0.1) is 0 Å². The molecule has 0 amide bonds. The predicted molar refractivity (Wildman–Crippen MR) is 254 cm³/mol. The van der Waals surface area contributed by atoms with Gasteiger partial charge in [0, 0.05) is 74.2 Å². The van der Waals surface area contributed by atoms with Crippen molar-refractivity contribution >= 4 is 129 Å². The second-order valence-corrected chi connectivity index (χ2v) is 17.1. The number of para-hydroxylation sites is 2. The van der Waals surface area contributed by atoms with Crippen molar-refractivity contribution in [2.24, 2.45) is 0 Å². The van der Waals surface area contributed by atoms with Crippen LogP contribution in [0.3, 0.4) is 0 Å². The van der Waals surface area contributed by atoms with Crippen LogP contribution in [0.15, 0.2) is 206 Å². The van der Waals surface area contributed by atoms with Crippen molar-refractivity contribution < 1.29 is 0 Å². The molecule has 0 aliphatic carbocycles. The molecular weight excluding hydrogens is 741 g/mol. The Labute approximate surface area is 343 Å². The van der Waals surface area contributed by atoms with Crippen LogP contribution in [0.1, 0.15) is 0 Å². The van der Waals surface area contributed by atoms with Crippen molar-refractivity contribution in [3.05, 3.63) is 206 Å². The largest absolute Gasteiger partial charge is 0.310 e. The summed E-state index contributed by atoms with van der Waals surface area (Å²) in [6, 6.07) is 75.8. The normalized spacial score (nSPS) is 11.8. The van der Waals surface area contributed by atoms with E-state index in [0.29, 0.717) is 0 Å². The predicted octanol–water partition coefficient (Wildman–Crippen LogP) is 16.8. The molecule has 12 aromatic rings. The van der Waals surface area contributed by atoms with Crippen molar-refractivity contribution in [1.82, 2.24) is 0 Å². The first-order chi connectivity index (χ1) is 28.7. The van der Waals surface area contributed by atoms with Gasteiger partial charge in [-0.2, -0.15) is 0 Å². The smallest absolute Gasteiger partial charge is 0.0547 e. The van der Waals surface area contributed by atoms with Gasteiger partial charge in [0.2, 0.25) is 0 Å². The molecule has 0 aliphatic rings. The first-order valence-electron chi connectivity index (χ1n) is 19.7. The third-order valence-electron chi connectivity index (χ3n) is 11.6. The zero-order valence-corrected chi connectivity index (χ0v) is 33.0. The molecule has 0 bridgehead atoms. The van der Waals surface area contributed by atoms with Crippen LogP contribution in [0.25, 0.3) is 72.7 Å². The minimum atomic E-state index is 1.11. The van der Waals surface area contributed by atoms with E-state index in [0.717, 1.165) is 34.1 Å². The lowest BCUT2D eigenvalue weighted by Crippen LogP contribution is -2.12. The molecule has 0 saturated heterocycles. The van der Waals surface area contributed by atoms with Gasteiger partial charge in [0.1, 0.15) is 0 Å². The number of nitrogens with zero attached hydrogens (tertiary/aromatic N) is 2. The molecular formula is C54H34N2S2. The Kier molecular flexibility index (Phi) is 7.62. The van der Waals surface area contributed by atoms with E-state index in [1.807, 2.05) is 22.7 Å². The SMILES string of the molecule is c1ccc(N(c2ccc3c(c2)sc2cc4ccccc4cc23)c2ccc3c(c2)c(N(c2ccccc2)c2ccc4c(c2)sc2ccccc24)cc2ccccc23)cc1. The molecule has 0 atom stereocenters. The van der Waals surface area contributed by atoms with Crippen molar-refractivity contribution in [3.8, 4) is 0 Å². The number of benzene rings is 10. The lowest BCUT2D eigenvalue weighted by atomic mass is 9.97. The highest BCUT2D eigenvalue weighted by molar-refractivity contribution is 7.26. The highest BCUT2D eigenvalue weighted by atomic mass is 32.1. The average Bonchev–Trinajstić information content (AvgIpc) is 3.83. The first-order valence-corrected chi connectivity index (χ1v) is 21.3. The molecule has 0 unspecified atom stereocenters. The average molecular weight is 775 g/mol. The fourth-order valence-corrected chi connectivity index (χ4v) is 11.2. The maximum atomic E-state index is 2.45. The van der Waals surface area contributed by atoms with Gasteiger partial charge in [-0.3, -0.25) is 0 Å². The summed E-state index contributed by atoms with van der Waals surface area (Å²) in [4.78, 5) is 4.86. The quantitative estimate of drug-likeness (QED) is 0.155. The lowest BCUT2D eigenvalue weighted by Gasteiger charge is -2.29. The van der Waals surface area contributed by atoms with Gasteiger partial charge in [-0.1, -0.05) is 121 Å². The molecule has 12 rings (SSSR count). The second-order valence-electron chi connectivity index (χ2n) is 14.9. The number of rotatable bonds is 6. The fourth-order valence-electron chi connectivity index (χ4n) is 8.87. The molecule has 2 heterocycles. The number of hydrogen-bond donors (Lipinski definition) is 0. The van der Waals surface area contributed by atoms with Crippen LogP contribution < -0.4 is 9.80 Å². The van der Waals surface area contributed by atoms with Crippen LogP contribution in [0.2, 0.25) is 0 Å². The summed E-state index contributed by atoms with van der Waals surface area (Å²) in [6.07, 6.45) is 0. The second kappa shape index (κ2) is 13.3. The maximum absolute atomic E-state index is 2.45. The zero-order valence-electron chi connectivity index (χ0n) is 31.3. The van der Waals surface area contributed by atoms with E-state index in [4.69, 9.17) is 0 Å².